The van der Waals surface area contributed by atoms with E-state index in [0.717, 1.165) is 5.56 Å². The average Bonchev–Trinajstić information content (AvgIpc) is 3.53. The Morgan fingerprint density at radius 3 is 2.23 bits per heavy atom. The highest BCUT2D eigenvalue weighted by molar-refractivity contribution is 7.90. The first-order chi connectivity index (χ1) is 16.9. The molecule has 0 unspecified atom stereocenters. The van der Waals surface area contributed by atoms with Gasteiger partial charge in [-0.2, -0.15) is 0 Å². The molecule has 2 atom stereocenters. The fourth-order valence-electron chi connectivity index (χ4n) is 4.56. The number of carbonyl (C=O) groups is 2. The molecule has 178 valence electrons. The molecule has 1 heterocycles. The van der Waals surface area contributed by atoms with Crippen LogP contribution in [-0.2, 0) is 35.7 Å². The Labute approximate surface area is 203 Å². The van der Waals surface area contributed by atoms with Crippen molar-refractivity contribution in [3.05, 3.63) is 102 Å². The Bertz CT molecular complexity index is 1510. The van der Waals surface area contributed by atoms with Gasteiger partial charge in [0.05, 0.1) is 17.5 Å². The first-order valence-electron chi connectivity index (χ1n) is 11.1. The summed E-state index contributed by atoms with van der Waals surface area (Å²) in [6.45, 7) is 0.0231. The lowest BCUT2D eigenvalue weighted by Crippen LogP contribution is -2.30. The van der Waals surface area contributed by atoms with Gasteiger partial charge < -0.3 is 9.47 Å². The first-order valence-corrected chi connectivity index (χ1v) is 12.5. The maximum absolute atomic E-state index is 13.4. The number of hydrogen-bond acceptors (Lipinski definition) is 6. The lowest BCUT2D eigenvalue weighted by atomic mass is 9.98. The van der Waals surface area contributed by atoms with E-state index in [1.807, 2.05) is 30.3 Å². The molecular formula is C27H23NO6S. The third kappa shape index (κ3) is 3.80. The van der Waals surface area contributed by atoms with Gasteiger partial charge in [0.15, 0.2) is 5.41 Å². The summed E-state index contributed by atoms with van der Waals surface area (Å²) in [4.78, 5) is 26.2. The van der Waals surface area contributed by atoms with Crippen molar-refractivity contribution in [2.75, 3.05) is 7.11 Å². The van der Waals surface area contributed by atoms with E-state index in [2.05, 4.69) is 0 Å². The number of aromatic nitrogens is 1. The van der Waals surface area contributed by atoms with Crippen LogP contribution in [0.3, 0.4) is 0 Å². The van der Waals surface area contributed by atoms with E-state index in [-0.39, 0.29) is 17.9 Å². The van der Waals surface area contributed by atoms with Crippen LogP contribution >= 0.6 is 0 Å². The number of methoxy groups -OCH3 is 1. The number of nitrogens with zero attached hydrogens (tertiary/aromatic N) is 1. The van der Waals surface area contributed by atoms with Gasteiger partial charge >= 0.3 is 11.9 Å². The Morgan fingerprint density at radius 1 is 0.914 bits per heavy atom. The van der Waals surface area contributed by atoms with Gasteiger partial charge in [-0.25, -0.2) is 12.4 Å². The second kappa shape index (κ2) is 8.70. The fraction of sp³-hybridized carbons (Fsp3) is 0.185. The zero-order valence-electron chi connectivity index (χ0n) is 19.0. The Balaban J connectivity index is 1.54. The minimum absolute atomic E-state index is 0.0231. The molecule has 7 nitrogen and oxygen atoms in total. The van der Waals surface area contributed by atoms with E-state index < -0.39 is 33.3 Å². The van der Waals surface area contributed by atoms with Crippen LogP contribution in [0.25, 0.3) is 10.9 Å². The number of rotatable bonds is 7. The maximum atomic E-state index is 13.4. The summed E-state index contributed by atoms with van der Waals surface area (Å²) in [6.07, 6.45) is 1.68. The van der Waals surface area contributed by atoms with Gasteiger partial charge in [-0.05, 0) is 35.7 Å². The highest BCUT2D eigenvalue weighted by Gasteiger charge is 2.69. The number of esters is 2. The van der Waals surface area contributed by atoms with Crippen molar-refractivity contribution in [3.63, 3.8) is 0 Å². The van der Waals surface area contributed by atoms with Crippen molar-refractivity contribution in [2.24, 2.45) is 5.41 Å². The van der Waals surface area contributed by atoms with Crippen molar-refractivity contribution >= 4 is 32.9 Å². The van der Waals surface area contributed by atoms with Crippen LogP contribution in [0, 0.1) is 5.41 Å². The van der Waals surface area contributed by atoms with Crippen LogP contribution < -0.4 is 0 Å². The van der Waals surface area contributed by atoms with Crippen molar-refractivity contribution in [1.29, 1.82) is 0 Å². The van der Waals surface area contributed by atoms with E-state index in [1.54, 1.807) is 42.5 Å². The van der Waals surface area contributed by atoms with Gasteiger partial charge in [0.1, 0.15) is 6.61 Å². The van der Waals surface area contributed by atoms with Crippen LogP contribution in [0.4, 0.5) is 0 Å². The Hall–Kier alpha value is -3.91. The molecule has 1 aliphatic rings. The molecule has 1 fully saturated rings. The zero-order valence-corrected chi connectivity index (χ0v) is 19.8. The predicted molar refractivity (Wildman–Crippen MR) is 129 cm³/mol. The van der Waals surface area contributed by atoms with E-state index in [9.17, 15) is 18.0 Å². The molecule has 0 aliphatic heterocycles. The normalized spacial score (nSPS) is 19.3. The van der Waals surface area contributed by atoms with E-state index in [4.69, 9.17) is 9.47 Å². The van der Waals surface area contributed by atoms with Crippen molar-refractivity contribution in [1.82, 2.24) is 3.97 Å². The van der Waals surface area contributed by atoms with Gasteiger partial charge in [-0.15, -0.1) is 0 Å². The van der Waals surface area contributed by atoms with Crippen molar-refractivity contribution < 1.29 is 27.5 Å². The van der Waals surface area contributed by atoms with Crippen molar-refractivity contribution in [3.8, 4) is 0 Å². The van der Waals surface area contributed by atoms with Gasteiger partial charge in [-0.1, -0.05) is 66.7 Å². The molecule has 1 aromatic heterocycles. The molecule has 0 saturated heterocycles. The number of benzene rings is 3. The number of ether oxygens (including phenoxy) is 2. The molecule has 5 rings (SSSR count). The quantitative estimate of drug-likeness (QED) is 0.284. The summed E-state index contributed by atoms with van der Waals surface area (Å²) < 4.78 is 38.6. The van der Waals surface area contributed by atoms with Crippen LogP contribution in [0.15, 0.2) is 96.0 Å². The van der Waals surface area contributed by atoms with E-state index in [1.165, 1.54) is 29.4 Å². The van der Waals surface area contributed by atoms with Crippen LogP contribution in [0.2, 0.25) is 0 Å². The summed E-state index contributed by atoms with van der Waals surface area (Å²) in [6, 6.07) is 24.3. The smallest absolute Gasteiger partial charge is 0.324 e. The van der Waals surface area contributed by atoms with Gasteiger partial charge in [0, 0.05) is 17.5 Å². The van der Waals surface area contributed by atoms with Gasteiger partial charge in [0.25, 0.3) is 10.0 Å². The number of fused-ring (bicyclic) bond motifs is 1. The molecule has 1 aliphatic carbocycles. The summed E-state index contributed by atoms with van der Waals surface area (Å²) in [7, 11) is -2.67. The molecule has 0 amide bonds. The lowest BCUT2D eigenvalue weighted by molar-refractivity contribution is -0.164. The predicted octanol–water partition coefficient (Wildman–Crippen LogP) is 4.27. The molecule has 0 bridgehead atoms. The summed E-state index contributed by atoms with van der Waals surface area (Å²) in [5.74, 6) is -1.94. The topological polar surface area (TPSA) is 91.7 Å². The highest BCUT2D eigenvalue weighted by atomic mass is 32.2. The largest absolute Gasteiger partial charge is 0.468 e. The molecule has 1 saturated carbocycles. The Kier molecular flexibility index (Phi) is 5.68. The number of hydrogen-bond donors (Lipinski definition) is 0. The van der Waals surface area contributed by atoms with Gasteiger partial charge in [0.2, 0.25) is 0 Å². The molecule has 35 heavy (non-hydrogen) atoms. The van der Waals surface area contributed by atoms with Crippen LogP contribution in [-0.4, -0.2) is 31.4 Å². The average molecular weight is 490 g/mol. The zero-order chi connectivity index (χ0) is 24.6. The monoisotopic (exact) mass is 489 g/mol. The standard InChI is InChI=1S/C27H23NO6S/c1-33-25(29)27(26(30)34-18-19-10-4-2-5-11-19)16-23(27)22-17-28(24-15-9-8-14-21(22)24)35(31,32)20-12-6-3-7-13-20/h2-15,17,23H,16,18H2,1H3/t23-,27+/m1/s1. The lowest BCUT2D eigenvalue weighted by Gasteiger charge is -2.14. The second-order valence-electron chi connectivity index (χ2n) is 8.50. The molecule has 4 aromatic rings. The summed E-state index contributed by atoms with van der Waals surface area (Å²) in [5, 5.41) is 0.652. The molecular weight excluding hydrogens is 466 g/mol. The minimum Gasteiger partial charge on any atom is -0.468 e. The highest BCUT2D eigenvalue weighted by Crippen LogP contribution is 2.62. The summed E-state index contributed by atoms with van der Waals surface area (Å²) >= 11 is 0. The molecule has 8 heteroatoms. The molecule has 3 aromatic carbocycles. The van der Waals surface area contributed by atoms with Gasteiger partial charge in [-0.3, -0.25) is 9.59 Å². The minimum atomic E-state index is -3.90. The fourth-order valence-corrected chi connectivity index (χ4v) is 5.96. The maximum Gasteiger partial charge on any atom is 0.324 e. The molecule has 0 spiro atoms. The van der Waals surface area contributed by atoms with E-state index >= 15 is 0 Å². The van der Waals surface area contributed by atoms with Crippen molar-refractivity contribution in [2.45, 2.75) is 23.8 Å². The molecule has 0 radical (unpaired) electrons. The number of carbonyl (C=O) groups excluding carboxylic acids is 2. The van der Waals surface area contributed by atoms with Crippen LogP contribution in [0.1, 0.15) is 23.5 Å². The second-order valence-corrected chi connectivity index (χ2v) is 10.3. The third-order valence-electron chi connectivity index (χ3n) is 6.47. The third-order valence-corrected chi connectivity index (χ3v) is 8.16. The molecule has 0 N–H and O–H groups in total. The van der Waals surface area contributed by atoms with E-state index in [0.29, 0.717) is 16.5 Å². The summed E-state index contributed by atoms with van der Waals surface area (Å²) in [5.41, 5.74) is 0.329. The Morgan fingerprint density at radius 2 is 1.54 bits per heavy atom. The van der Waals surface area contributed by atoms with Crippen LogP contribution in [0.5, 0.6) is 0 Å². The number of para-hydroxylation sites is 1. The SMILES string of the molecule is COC(=O)[C@]1(C(=O)OCc2ccccc2)C[C@@H]1c1cn(S(=O)(=O)c2ccccc2)c2ccccc12. The first kappa shape index (κ1) is 22.9.